The number of nitrogens with one attached hydrogen (secondary N) is 1. The second-order valence-electron chi connectivity index (χ2n) is 3.25. The third-order valence-electron chi connectivity index (χ3n) is 2.05. The first-order valence-electron chi connectivity index (χ1n) is 4.79. The molecule has 0 aliphatic rings. The van der Waals surface area contributed by atoms with Crippen molar-refractivity contribution in [1.29, 1.82) is 0 Å². The average Bonchev–Trinajstić information content (AvgIpc) is 2.30. The number of aromatic nitrogens is 3. The van der Waals surface area contributed by atoms with E-state index >= 15 is 0 Å². The van der Waals surface area contributed by atoms with Crippen LogP contribution in [0.1, 0.15) is 5.82 Å². The summed E-state index contributed by atoms with van der Waals surface area (Å²) in [6.07, 6.45) is 3.51. The van der Waals surface area contributed by atoms with Gasteiger partial charge in [-0.1, -0.05) is 12.2 Å². The summed E-state index contributed by atoms with van der Waals surface area (Å²) >= 11 is 5.09. The fourth-order valence-electron chi connectivity index (χ4n) is 1.39. The smallest absolute Gasteiger partial charge is 0.134 e. The average molecular weight is 233 g/mol. The normalized spacial score (nSPS) is 10.3. The Labute approximate surface area is 98.3 Å². The second kappa shape index (κ2) is 4.96. The molecule has 0 bridgehead atoms. The summed E-state index contributed by atoms with van der Waals surface area (Å²) in [5, 5.41) is 0. The summed E-state index contributed by atoms with van der Waals surface area (Å²) < 4.78 is 5.56. The predicted octanol–water partition coefficient (Wildman–Crippen LogP) is 2.35. The maximum absolute atomic E-state index is 5.09. The highest BCUT2D eigenvalue weighted by atomic mass is 32.1. The van der Waals surface area contributed by atoms with Crippen LogP contribution in [0.25, 0.3) is 11.3 Å². The van der Waals surface area contributed by atoms with Gasteiger partial charge in [0.15, 0.2) is 0 Å². The zero-order chi connectivity index (χ0) is 11.4. The van der Waals surface area contributed by atoms with Crippen LogP contribution < -0.4 is 0 Å². The molecule has 1 N–H and O–H groups in total. The van der Waals surface area contributed by atoms with E-state index in [2.05, 4.69) is 15.0 Å². The summed E-state index contributed by atoms with van der Waals surface area (Å²) in [4.78, 5) is 11.4. The van der Waals surface area contributed by atoms with E-state index in [9.17, 15) is 0 Å². The maximum Gasteiger partial charge on any atom is 0.134 e. The first kappa shape index (κ1) is 10.9. The van der Waals surface area contributed by atoms with Crippen molar-refractivity contribution in [2.75, 3.05) is 7.11 Å². The second-order valence-corrected chi connectivity index (χ2v) is 3.67. The lowest BCUT2D eigenvalue weighted by atomic mass is 10.2. The van der Waals surface area contributed by atoms with Gasteiger partial charge in [0, 0.05) is 25.1 Å². The first-order valence-corrected chi connectivity index (χ1v) is 5.20. The Balaban J connectivity index is 2.45. The number of aromatic amines is 1. The fraction of sp³-hybridized carbons (Fsp3) is 0.182. The molecular formula is C11H11N3OS. The van der Waals surface area contributed by atoms with E-state index in [-0.39, 0.29) is 0 Å². The topological polar surface area (TPSA) is 50.8 Å². The lowest BCUT2D eigenvalue weighted by Crippen LogP contribution is -1.98. The van der Waals surface area contributed by atoms with E-state index in [0.717, 1.165) is 11.3 Å². The highest BCUT2D eigenvalue weighted by molar-refractivity contribution is 7.71. The molecule has 2 aromatic rings. The van der Waals surface area contributed by atoms with Gasteiger partial charge in [-0.25, -0.2) is 4.98 Å². The number of methoxy groups -OCH3 is 1. The van der Waals surface area contributed by atoms with Gasteiger partial charge in [0.05, 0.1) is 5.69 Å². The van der Waals surface area contributed by atoms with E-state index in [0.29, 0.717) is 17.1 Å². The molecule has 0 amide bonds. The van der Waals surface area contributed by atoms with Gasteiger partial charge >= 0.3 is 0 Å². The number of nitrogens with zero attached hydrogens (tertiary/aromatic N) is 2. The third kappa shape index (κ3) is 2.50. The summed E-state index contributed by atoms with van der Waals surface area (Å²) in [5.74, 6) is 0.717. The number of ether oxygens (including phenoxy) is 1. The van der Waals surface area contributed by atoms with Gasteiger partial charge in [-0.15, -0.1) is 0 Å². The van der Waals surface area contributed by atoms with E-state index in [1.54, 1.807) is 19.5 Å². The van der Waals surface area contributed by atoms with Crippen molar-refractivity contribution in [3.8, 4) is 11.3 Å². The minimum atomic E-state index is 0.414. The van der Waals surface area contributed by atoms with Crippen molar-refractivity contribution in [3.05, 3.63) is 41.1 Å². The summed E-state index contributed by atoms with van der Waals surface area (Å²) in [6.45, 7) is 0.414. The molecule has 2 rings (SSSR count). The van der Waals surface area contributed by atoms with E-state index in [1.807, 2.05) is 18.2 Å². The molecule has 0 saturated carbocycles. The Morgan fingerprint density at radius 2 is 2.38 bits per heavy atom. The van der Waals surface area contributed by atoms with Crippen molar-refractivity contribution in [2.24, 2.45) is 0 Å². The zero-order valence-electron chi connectivity index (χ0n) is 8.80. The molecule has 0 aromatic carbocycles. The summed E-state index contributed by atoms with van der Waals surface area (Å²) in [5.41, 5.74) is 1.88. The molecule has 0 aliphatic heterocycles. The van der Waals surface area contributed by atoms with E-state index in [1.165, 1.54) is 0 Å². The van der Waals surface area contributed by atoms with E-state index < -0.39 is 0 Å². The molecule has 0 saturated heterocycles. The minimum absolute atomic E-state index is 0.414. The first-order chi connectivity index (χ1) is 7.79. The lowest BCUT2D eigenvalue weighted by molar-refractivity contribution is 0.177. The van der Waals surface area contributed by atoms with Crippen molar-refractivity contribution in [2.45, 2.75) is 6.61 Å². The van der Waals surface area contributed by atoms with Crippen molar-refractivity contribution >= 4 is 12.2 Å². The number of pyridine rings is 1. The van der Waals surface area contributed by atoms with Crippen LogP contribution in [0.5, 0.6) is 0 Å². The predicted molar refractivity (Wildman–Crippen MR) is 63.4 cm³/mol. The van der Waals surface area contributed by atoms with Crippen LogP contribution in [-0.2, 0) is 11.3 Å². The van der Waals surface area contributed by atoms with E-state index in [4.69, 9.17) is 17.0 Å². The van der Waals surface area contributed by atoms with Gasteiger partial charge in [-0.3, -0.25) is 4.98 Å². The van der Waals surface area contributed by atoms with Gasteiger partial charge in [0.1, 0.15) is 17.1 Å². The van der Waals surface area contributed by atoms with Crippen LogP contribution in [0.2, 0.25) is 0 Å². The van der Waals surface area contributed by atoms with Gasteiger partial charge in [-0.05, 0) is 18.2 Å². The van der Waals surface area contributed by atoms with Crippen LogP contribution in [0.4, 0.5) is 0 Å². The number of hydrogen-bond acceptors (Lipinski definition) is 4. The fourth-order valence-corrected chi connectivity index (χ4v) is 1.62. The minimum Gasteiger partial charge on any atom is -0.377 e. The molecule has 4 nitrogen and oxygen atoms in total. The Hall–Kier alpha value is -1.59. The van der Waals surface area contributed by atoms with Crippen LogP contribution >= 0.6 is 12.2 Å². The Kier molecular flexibility index (Phi) is 3.38. The maximum atomic E-state index is 5.09. The van der Waals surface area contributed by atoms with Gasteiger partial charge in [-0.2, -0.15) is 0 Å². The molecule has 0 aliphatic carbocycles. The monoisotopic (exact) mass is 233 g/mol. The molecule has 0 unspecified atom stereocenters. The van der Waals surface area contributed by atoms with Crippen LogP contribution in [0.15, 0.2) is 30.6 Å². The van der Waals surface area contributed by atoms with Crippen molar-refractivity contribution < 1.29 is 4.74 Å². The number of hydrogen-bond donors (Lipinski definition) is 1. The summed E-state index contributed by atoms with van der Waals surface area (Å²) in [7, 11) is 1.62. The standard InChI is InChI=1S/C11H11N3OS/c1-15-7-10-13-9(5-11(16)14-10)8-3-2-4-12-6-8/h2-6H,7H2,1H3,(H,13,14,16). The number of rotatable bonds is 3. The van der Waals surface area contributed by atoms with Crippen molar-refractivity contribution in [1.82, 2.24) is 15.0 Å². The largest absolute Gasteiger partial charge is 0.377 e. The molecule has 82 valence electrons. The molecule has 2 aromatic heterocycles. The molecule has 0 radical (unpaired) electrons. The molecule has 0 spiro atoms. The van der Waals surface area contributed by atoms with Crippen LogP contribution in [0, 0.1) is 4.64 Å². The lowest BCUT2D eigenvalue weighted by Gasteiger charge is -2.04. The van der Waals surface area contributed by atoms with Gasteiger partial charge in [0.2, 0.25) is 0 Å². The highest BCUT2D eigenvalue weighted by Gasteiger charge is 2.01. The number of H-pyrrole nitrogens is 1. The third-order valence-corrected chi connectivity index (χ3v) is 2.25. The Morgan fingerprint density at radius 1 is 1.50 bits per heavy atom. The molecule has 5 heteroatoms. The molecule has 0 fully saturated rings. The summed E-state index contributed by atoms with van der Waals surface area (Å²) in [6, 6.07) is 5.65. The molecule has 2 heterocycles. The van der Waals surface area contributed by atoms with Gasteiger partial charge in [0.25, 0.3) is 0 Å². The highest BCUT2D eigenvalue weighted by Crippen LogP contribution is 2.15. The molecule has 16 heavy (non-hydrogen) atoms. The Morgan fingerprint density at radius 3 is 3.06 bits per heavy atom. The van der Waals surface area contributed by atoms with Crippen LogP contribution in [-0.4, -0.2) is 22.1 Å². The zero-order valence-corrected chi connectivity index (χ0v) is 9.62. The van der Waals surface area contributed by atoms with Crippen molar-refractivity contribution in [3.63, 3.8) is 0 Å². The molecular weight excluding hydrogens is 222 g/mol. The van der Waals surface area contributed by atoms with Crippen LogP contribution in [0.3, 0.4) is 0 Å². The van der Waals surface area contributed by atoms with Gasteiger partial charge < -0.3 is 9.72 Å². The molecule has 0 atom stereocenters. The Bertz CT molecular complexity index is 524. The quantitative estimate of drug-likeness (QED) is 0.827. The SMILES string of the molecule is COCc1nc(=S)cc(-c2cccnc2)[nH]1.